The van der Waals surface area contributed by atoms with E-state index in [2.05, 4.69) is 0 Å². The average Bonchev–Trinajstić information content (AvgIpc) is 3.52. The summed E-state index contributed by atoms with van der Waals surface area (Å²) in [5.74, 6) is -0.00617. The van der Waals surface area contributed by atoms with Gasteiger partial charge in [0.05, 0.1) is 14.2 Å². The van der Waals surface area contributed by atoms with Gasteiger partial charge in [-0.1, -0.05) is 30.3 Å². The lowest BCUT2D eigenvalue weighted by Gasteiger charge is -2.27. The van der Waals surface area contributed by atoms with Crippen LogP contribution < -0.4 is 9.47 Å². The highest BCUT2D eigenvalue weighted by atomic mass is 16.5. The van der Waals surface area contributed by atoms with Crippen LogP contribution in [0.1, 0.15) is 30.4 Å². The standard InChI is InChI=1S/C22H25NO5/c1-14(22(25)26)23(13-15-7-5-4-6-8-15)21(24)19-12-17(19)18-11-16(27-2)9-10-20(18)28-3/h4-11,14,17,19H,12-13H2,1-3H3,(H,25,26). The third-order valence-electron chi connectivity index (χ3n) is 5.25. The molecule has 0 saturated heterocycles. The van der Waals surface area contributed by atoms with E-state index >= 15 is 0 Å². The first-order chi connectivity index (χ1) is 13.5. The molecule has 6 nitrogen and oxygen atoms in total. The zero-order chi connectivity index (χ0) is 20.3. The maximum absolute atomic E-state index is 13.2. The van der Waals surface area contributed by atoms with Crippen molar-refractivity contribution in [1.29, 1.82) is 0 Å². The number of carbonyl (C=O) groups excluding carboxylic acids is 1. The summed E-state index contributed by atoms with van der Waals surface area (Å²) in [5, 5.41) is 9.48. The lowest BCUT2D eigenvalue weighted by molar-refractivity contribution is -0.150. The number of rotatable bonds is 8. The molecular weight excluding hydrogens is 358 g/mol. The number of carbonyl (C=O) groups is 2. The minimum atomic E-state index is -1.01. The summed E-state index contributed by atoms with van der Waals surface area (Å²) < 4.78 is 10.7. The fourth-order valence-corrected chi connectivity index (χ4v) is 3.47. The van der Waals surface area contributed by atoms with Gasteiger partial charge in [-0.05, 0) is 37.1 Å². The molecule has 0 spiro atoms. The van der Waals surface area contributed by atoms with Gasteiger partial charge in [-0.25, -0.2) is 4.79 Å². The second kappa shape index (κ2) is 8.33. The maximum Gasteiger partial charge on any atom is 0.326 e. The third kappa shape index (κ3) is 4.11. The molecule has 0 heterocycles. The van der Waals surface area contributed by atoms with E-state index in [9.17, 15) is 14.7 Å². The number of ether oxygens (including phenoxy) is 2. The third-order valence-corrected chi connectivity index (χ3v) is 5.25. The van der Waals surface area contributed by atoms with Crippen LogP contribution in [0.3, 0.4) is 0 Å². The van der Waals surface area contributed by atoms with E-state index in [0.717, 1.165) is 11.1 Å². The Morgan fingerprint density at radius 3 is 2.46 bits per heavy atom. The number of amides is 1. The van der Waals surface area contributed by atoms with Gasteiger partial charge >= 0.3 is 5.97 Å². The molecule has 3 atom stereocenters. The number of nitrogens with zero attached hydrogens (tertiary/aromatic N) is 1. The van der Waals surface area contributed by atoms with Crippen LogP contribution in [0, 0.1) is 5.92 Å². The highest BCUT2D eigenvalue weighted by molar-refractivity contribution is 5.87. The first-order valence-corrected chi connectivity index (χ1v) is 9.25. The molecule has 1 saturated carbocycles. The number of hydrogen-bond donors (Lipinski definition) is 1. The summed E-state index contributed by atoms with van der Waals surface area (Å²) in [6.45, 7) is 1.82. The van der Waals surface area contributed by atoms with Crippen molar-refractivity contribution in [2.24, 2.45) is 5.92 Å². The van der Waals surface area contributed by atoms with Gasteiger partial charge in [-0.2, -0.15) is 0 Å². The highest BCUT2D eigenvalue weighted by Gasteiger charge is 2.48. The van der Waals surface area contributed by atoms with Crippen molar-refractivity contribution in [2.45, 2.75) is 31.8 Å². The Morgan fingerprint density at radius 2 is 1.86 bits per heavy atom. The number of carboxylic acid groups (broad SMARTS) is 1. The van der Waals surface area contributed by atoms with Crippen LogP contribution >= 0.6 is 0 Å². The van der Waals surface area contributed by atoms with Gasteiger partial charge in [0.25, 0.3) is 0 Å². The molecule has 0 radical (unpaired) electrons. The maximum atomic E-state index is 13.2. The van der Waals surface area contributed by atoms with Crippen molar-refractivity contribution >= 4 is 11.9 Å². The van der Waals surface area contributed by atoms with Gasteiger partial charge in [0, 0.05) is 23.9 Å². The highest BCUT2D eigenvalue weighted by Crippen LogP contribution is 2.52. The largest absolute Gasteiger partial charge is 0.497 e. The number of hydrogen-bond acceptors (Lipinski definition) is 4. The molecule has 1 fully saturated rings. The second-order valence-electron chi connectivity index (χ2n) is 7.02. The monoisotopic (exact) mass is 383 g/mol. The zero-order valence-electron chi connectivity index (χ0n) is 16.3. The smallest absolute Gasteiger partial charge is 0.326 e. The lowest BCUT2D eigenvalue weighted by atomic mass is 10.1. The summed E-state index contributed by atoms with van der Waals surface area (Å²) in [6, 6.07) is 14.1. The number of carboxylic acids is 1. The van der Waals surface area contributed by atoms with Crippen LogP contribution in [-0.2, 0) is 16.1 Å². The van der Waals surface area contributed by atoms with Crippen molar-refractivity contribution in [1.82, 2.24) is 4.90 Å². The normalized spacial score (nSPS) is 18.8. The molecule has 2 aromatic carbocycles. The van der Waals surface area contributed by atoms with Crippen LogP contribution in [0.2, 0.25) is 0 Å². The van der Waals surface area contributed by atoms with Crippen LogP contribution in [0.25, 0.3) is 0 Å². The minimum Gasteiger partial charge on any atom is -0.497 e. The van der Waals surface area contributed by atoms with E-state index < -0.39 is 12.0 Å². The average molecular weight is 383 g/mol. The SMILES string of the molecule is COc1ccc(OC)c(C2CC2C(=O)N(Cc2ccccc2)C(C)C(=O)O)c1. The molecule has 1 amide bonds. The molecule has 1 N–H and O–H groups in total. The molecule has 148 valence electrons. The minimum absolute atomic E-state index is 0.00295. The number of benzene rings is 2. The molecule has 0 aliphatic heterocycles. The molecule has 3 unspecified atom stereocenters. The van der Waals surface area contributed by atoms with Crippen LogP contribution in [0.15, 0.2) is 48.5 Å². The molecule has 0 aromatic heterocycles. The van der Waals surface area contributed by atoms with Crippen LogP contribution in [0.4, 0.5) is 0 Å². The van der Waals surface area contributed by atoms with Gasteiger partial charge in [-0.3, -0.25) is 4.79 Å². The molecular formula is C22H25NO5. The molecule has 28 heavy (non-hydrogen) atoms. The van der Waals surface area contributed by atoms with Gasteiger partial charge in [0.1, 0.15) is 17.5 Å². The van der Waals surface area contributed by atoms with E-state index in [1.54, 1.807) is 21.1 Å². The Kier molecular flexibility index (Phi) is 5.87. The Labute approximate surface area is 164 Å². The Morgan fingerprint density at radius 1 is 1.14 bits per heavy atom. The zero-order valence-corrected chi connectivity index (χ0v) is 16.3. The van der Waals surface area contributed by atoms with Gasteiger partial charge in [0.15, 0.2) is 0 Å². The lowest BCUT2D eigenvalue weighted by Crippen LogP contribution is -2.43. The number of methoxy groups -OCH3 is 2. The first kappa shape index (κ1) is 19.7. The summed E-state index contributed by atoms with van der Waals surface area (Å²) in [5.41, 5.74) is 1.82. The predicted molar refractivity (Wildman–Crippen MR) is 104 cm³/mol. The van der Waals surface area contributed by atoms with E-state index in [1.165, 1.54) is 4.90 Å². The summed E-state index contributed by atoms with van der Waals surface area (Å²) in [6.07, 6.45) is 0.667. The Bertz CT molecular complexity index is 851. The van der Waals surface area contributed by atoms with E-state index in [-0.39, 0.29) is 24.3 Å². The summed E-state index contributed by atoms with van der Waals surface area (Å²) >= 11 is 0. The second-order valence-corrected chi connectivity index (χ2v) is 7.02. The van der Waals surface area contributed by atoms with Gasteiger partial charge in [-0.15, -0.1) is 0 Å². The van der Waals surface area contributed by atoms with Crippen LogP contribution in [0.5, 0.6) is 11.5 Å². The van der Waals surface area contributed by atoms with E-state index in [4.69, 9.17) is 9.47 Å². The molecule has 3 rings (SSSR count). The fraction of sp³-hybridized carbons (Fsp3) is 0.364. The number of aliphatic carboxylic acids is 1. The first-order valence-electron chi connectivity index (χ1n) is 9.25. The quantitative estimate of drug-likeness (QED) is 0.757. The van der Waals surface area contributed by atoms with Crippen molar-refractivity contribution in [3.8, 4) is 11.5 Å². The molecule has 0 bridgehead atoms. The van der Waals surface area contributed by atoms with Crippen molar-refractivity contribution in [3.63, 3.8) is 0 Å². The summed E-state index contributed by atoms with van der Waals surface area (Å²) in [4.78, 5) is 26.2. The van der Waals surface area contributed by atoms with Crippen molar-refractivity contribution < 1.29 is 24.2 Å². The van der Waals surface area contributed by atoms with Crippen molar-refractivity contribution in [3.05, 3.63) is 59.7 Å². The predicted octanol–water partition coefficient (Wildman–Crippen LogP) is 3.31. The fourth-order valence-electron chi connectivity index (χ4n) is 3.47. The molecule has 1 aliphatic rings. The van der Waals surface area contributed by atoms with Gasteiger partial charge in [0.2, 0.25) is 5.91 Å². The molecule has 6 heteroatoms. The van der Waals surface area contributed by atoms with Crippen molar-refractivity contribution in [2.75, 3.05) is 14.2 Å². The van der Waals surface area contributed by atoms with E-state index in [0.29, 0.717) is 17.9 Å². The van der Waals surface area contributed by atoms with E-state index in [1.807, 2.05) is 48.5 Å². The Balaban J connectivity index is 1.82. The Hall–Kier alpha value is -3.02. The molecule has 2 aromatic rings. The summed E-state index contributed by atoms with van der Waals surface area (Å²) in [7, 11) is 3.19. The van der Waals surface area contributed by atoms with Crippen LogP contribution in [-0.4, -0.2) is 42.1 Å². The molecule has 1 aliphatic carbocycles. The van der Waals surface area contributed by atoms with Gasteiger partial charge < -0.3 is 19.5 Å². The topological polar surface area (TPSA) is 76.1 Å².